The molecule has 0 aliphatic carbocycles. The van der Waals surface area contributed by atoms with Crippen LogP contribution in [0.2, 0.25) is 0 Å². The van der Waals surface area contributed by atoms with Crippen molar-refractivity contribution in [2.45, 2.75) is 55.0 Å². The van der Waals surface area contributed by atoms with Crippen LogP contribution in [-0.2, 0) is 35.6 Å². The lowest BCUT2D eigenvalue weighted by Gasteiger charge is -2.41. The number of sulfonamides is 1. The number of aliphatic hydroxyl groups is 1. The van der Waals surface area contributed by atoms with Gasteiger partial charge in [-0.2, -0.15) is 0 Å². The Bertz CT molecular complexity index is 1400. The van der Waals surface area contributed by atoms with Crippen LogP contribution < -0.4 is 4.72 Å². The molecule has 3 fully saturated rings. The van der Waals surface area contributed by atoms with Crippen LogP contribution in [-0.4, -0.2) is 63.2 Å². The summed E-state index contributed by atoms with van der Waals surface area (Å²) < 4.78 is 53.3. The quantitative estimate of drug-likeness (QED) is 0.405. The Morgan fingerprint density at radius 3 is 2.32 bits per heavy atom. The second kappa shape index (κ2) is 12.2. The topological polar surface area (TPSA) is 107 Å². The molecule has 0 radical (unpaired) electrons. The Hall–Kier alpha value is -2.83. The standard InChI is InChI=1S/C31H36N2O7S/c34-22-23-9-11-24(12-10-23)29-20-27(21-33-15-13-31(14-16-33)37-17-18-38-31)39-30(40-29)25-5-4-6-26(19-25)32-41(35,36)28-7-2-1-3-8-28/h1-12,19,27,29-30,32,34H,13-18,20-22H2/t27-,29+,30?/m0/s1. The van der Waals surface area contributed by atoms with Gasteiger partial charge >= 0.3 is 0 Å². The maximum atomic E-state index is 12.9. The van der Waals surface area contributed by atoms with E-state index in [9.17, 15) is 13.5 Å². The number of likely N-dealkylation sites (tertiary alicyclic amines) is 1. The first kappa shape index (κ1) is 28.3. The van der Waals surface area contributed by atoms with Gasteiger partial charge in [-0.15, -0.1) is 0 Å². The van der Waals surface area contributed by atoms with Crippen LogP contribution >= 0.6 is 0 Å². The predicted octanol–water partition coefficient (Wildman–Crippen LogP) is 4.36. The van der Waals surface area contributed by atoms with Gasteiger partial charge in [0.25, 0.3) is 10.0 Å². The van der Waals surface area contributed by atoms with Crippen LogP contribution in [0.5, 0.6) is 0 Å². The van der Waals surface area contributed by atoms with Gasteiger partial charge in [0.05, 0.1) is 36.9 Å². The molecule has 0 saturated carbocycles. The molecular formula is C31H36N2O7S. The van der Waals surface area contributed by atoms with E-state index < -0.39 is 22.1 Å². The minimum atomic E-state index is -3.74. The van der Waals surface area contributed by atoms with Crippen molar-refractivity contribution >= 4 is 15.7 Å². The minimum absolute atomic E-state index is 0.0181. The summed E-state index contributed by atoms with van der Waals surface area (Å²) in [4.78, 5) is 2.58. The summed E-state index contributed by atoms with van der Waals surface area (Å²) in [7, 11) is -3.74. The van der Waals surface area contributed by atoms with E-state index in [1.807, 2.05) is 30.3 Å². The molecule has 6 rings (SSSR count). The van der Waals surface area contributed by atoms with E-state index >= 15 is 0 Å². The van der Waals surface area contributed by atoms with Gasteiger partial charge in [-0.3, -0.25) is 4.72 Å². The molecule has 3 heterocycles. The number of hydrogen-bond acceptors (Lipinski definition) is 8. The molecule has 3 saturated heterocycles. The summed E-state index contributed by atoms with van der Waals surface area (Å²) in [5.41, 5.74) is 3.01. The number of hydrogen-bond donors (Lipinski definition) is 2. The van der Waals surface area contributed by atoms with E-state index in [2.05, 4.69) is 9.62 Å². The zero-order chi connectivity index (χ0) is 28.3. The van der Waals surface area contributed by atoms with Crippen LogP contribution in [0.4, 0.5) is 5.69 Å². The normalized spacial score (nSPS) is 24.9. The summed E-state index contributed by atoms with van der Waals surface area (Å²) in [6.45, 7) is 3.75. The highest BCUT2D eigenvalue weighted by Gasteiger charge is 2.41. The van der Waals surface area contributed by atoms with Crippen molar-refractivity contribution in [3.63, 3.8) is 0 Å². The molecule has 218 valence electrons. The van der Waals surface area contributed by atoms with Gasteiger partial charge in [0.15, 0.2) is 12.1 Å². The van der Waals surface area contributed by atoms with Gasteiger partial charge in [-0.05, 0) is 35.4 Å². The molecule has 3 aromatic rings. The Morgan fingerprint density at radius 1 is 0.878 bits per heavy atom. The van der Waals surface area contributed by atoms with Crippen LogP contribution in [0.1, 0.15) is 48.3 Å². The molecule has 1 spiro atoms. The lowest BCUT2D eigenvalue weighted by Crippen LogP contribution is -2.48. The summed E-state index contributed by atoms with van der Waals surface area (Å²) in [6, 6.07) is 23.2. The van der Waals surface area contributed by atoms with Crippen LogP contribution in [0.15, 0.2) is 83.8 Å². The molecule has 0 bridgehead atoms. The molecule has 1 unspecified atom stereocenters. The van der Waals surface area contributed by atoms with Crippen LogP contribution in [0, 0.1) is 0 Å². The third kappa shape index (κ3) is 6.65. The van der Waals surface area contributed by atoms with Crippen LogP contribution in [0.25, 0.3) is 0 Å². The third-order valence-electron chi connectivity index (χ3n) is 7.97. The Kier molecular flexibility index (Phi) is 8.41. The summed E-state index contributed by atoms with van der Waals surface area (Å²) >= 11 is 0. The van der Waals surface area contributed by atoms with Crippen LogP contribution in [0.3, 0.4) is 0 Å². The highest BCUT2D eigenvalue weighted by atomic mass is 32.2. The number of benzene rings is 3. The van der Waals surface area contributed by atoms with Crippen molar-refractivity contribution in [3.8, 4) is 0 Å². The maximum absolute atomic E-state index is 12.9. The zero-order valence-corrected chi connectivity index (χ0v) is 23.7. The third-order valence-corrected chi connectivity index (χ3v) is 9.37. The zero-order valence-electron chi connectivity index (χ0n) is 22.9. The highest BCUT2D eigenvalue weighted by Crippen LogP contribution is 2.39. The fourth-order valence-electron chi connectivity index (χ4n) is 5.75. The monoisotopic (exact) mass is 580 g/mol. The number of aliphatic hydroxyl groups excluding tert-OH is 1. The number of nitrogens with zero attached hydrogens (tertiary/aromatic N) is 1. The highest BCUT2D eigenvalue weighted by molar-refractivity contribution is 7.92. The molecule has 3 aliphatic rings. The first-order valence-electron chi connectivity index (χ1n) is 14.1. The SMILES string of the molecule is O=S(=O)(Nc1cccc(C2O[C@H](CN3CCC4(CC3)OCCO4)C[C@H](c3ccc(CO)cc3)O2)c1)c1ccccc1. The van der Waals surface area contributed by atoms with Crippen molar-refractivity contribution in [1.29, 1.82) is 0 Å². The molecule has 41 heavy (non-hydrogen) atoms. The van der Waals surface area contributed by atoms with Crippen molar-refractivity contribution in [3.05, 3.63) is 95.6 Å². The van der Waals surface area contributed by atoms with Gasteiger partial charge < -0.3 is 29.0 Å². The number of ether oxygens (including phenoxy) is 4. The van der Waals surface area contributed by atoms with E-state index in [0.717, 1.165) is 49.2 Å². The van der Waals surface area contributed by atoms with Gasteiger partial charge in [0.2, 0.25) is 0 Å². The van der Waals surface area contributed by atoms with Gasteiger partial charge in [-0.25, -0.2) is 8.42 Å². The van der Waals surface area contributed by atoms with E-state index in [4.69, 9.17) is 18.9 Å². The van der Waals surface area contributed by atoms with Crippen molar-refractivity contribution in [2.24, 2.45) is 0 Å². The molecule has 3 aliphatic heterocycles. The molecule has 3 atom stereocenters. The van der Waals surface area contributed by atoms with E-state index in [-0.39, 0.29) is 23.7 Å². The number of rotatable bonds is 8. The number of anilines is 1. The van der Waals surface area contributed by atoms with E-state index in [1.54, 1.807) is 48.5 Å². The van der Waals surface area contributed by atoms with E-state index in [1.165, 1.54) is 0 Å². The number of piperidine rings is 1. The lowest BCUT2D eigenvalue weighted by atomic mass is 9.98. The maximum Gasteiger partial charge on any atom is 0.261 e. The van der Waals surface area contributed by atoms with Gasteiger partial charge in [0.1, 0.15) is 0 Å². The average molecular weight is 581 g/mol. The van der Waals surface area contributed by atoms with Crippen molar-refractivity contribution in [2.75, 3.05) is 37.6 Å². The molecule has 10 heteroatoms. The fourth-order valence-corrected chi connectivity index (χ4v) is 6.82. The Balaban J connectivity index is 1.20. The summed E-state index contributed by atoms with van der Waals surface area (Å²) in [5, 5.41) is 9.49. The number of nitrogens with one attached hydrogen (secondary N) is 1. The summed E-state index contributed by atoms with van der Waals surface area (Å²) in [5.74, 6) is -0.430. The van der Waals surface area contributed by atoms with E-state index in [0.29, 0.717) is 25.3 Å². The first-order chi connectivity index (χ1) is 19.9. The first-order valence-corrected chi connectivity index (χ1v) is 15.6. The fraction of sp³-hybridized carbons (Fsp3) is 0.419. The molecule has 3 aromatic carbocycles. The molecule has 2 N–H and O–H groups in total. The second-order valence-corrected chi connectivity index (χ2v) is 12.5. The Morgan fingerprint density at radius 2 is 1.61 bits per heavy atom. The molecule has 9 nitrogen and oxygen atoms in total. The summed E-state index contributed by atoms with van der Waals surface area (Å²) in [6.07, 6.45) is 1.30. The smallest absolute Gasteiger partial charge is 0.261 e. The lowest BCUT2D eigenvalue weighted by molar-refractivity contribution is -0.255. The Labute approximate surface area is 241 Å². The second-order valence-electron chi connectivity index (χ2n) is 10.8. The van der Waals surface area contributed by atoms with Crippen molar-refractivity contribution in [1.82, 2.24) is 4.90 Å². The van der Waals surface area contributed by atoms with Gasteiger partial charge in [0, 0.05) is 50.1 Å². The van der Waals surface area contributed by atoms with Gasteiger partial charge in [-0.1, -0.05) is 54.6 Å². The molecule has 0 amide bonds. The molecular weight excluding hydrogens is 544 g/mol. The minimum Gasteiger partial charge on any atom is -0.392 e. The largest absolute Gasteiger partial charge is 0.392 e. The average Bonchev–Trinajstić information content (AvgIpc) is 3.46. The van der Waals surface area contributed by atoms with Crippen molar-refractivity contribution < 1.29 is 32.5 Å². The molecule has 0 aromatic heterocycles. The predicted molar refractivity (Wildman–Crippen MR) is 152 cm³/mol.